The van der Waals surface area contributed by atoms with Crippen LogP contribution in [0.5, 0.6) is 0 Å². The highest BCUT2D eigenvalue weighted by Crippen LogP contribution is 2.16. The van der Waals surface area contributed by atoms with Crippen LogP contribution in [0.25, 0.3) is 0 Å². The van der Waals surface area contributed by atoms with E-state index in [4.69, 9.17) is 0 Å². The molecule has 0 spiro atoms. The van der Waals surface area contributed by atoms with Gasteiger partial charge in [0.15, 0.2) is 5.78 Å². The fraction of sp³-hybridized carbons (Fsp3) is 0.429. The third-order valence-electron chi connectivity index (χ3n) is 2.29. The van der Waals surface area contributed by atoms with Crippen LogP contribution in [0, 0.1) is 0 Å². The first-order valence-electron chi connectivity index (χ1n) is 5.94. The Hall–Kier alpha value is -1.13. The standard InChI is InChI=1S/C14H19NO2S/c1-14(2,3)18(17)15-11-7-10-13(16)12-8-5-4-6-9-12/h4-6,8-9,11H,7,10H2,1-3H3/t18-/m1/s1. The maximum absolute atomic E-state index is 11.7. The SMILES string of the molecule is CC(C)(C)[S@@+]([O-])N=CCCC(=O)c1ccccc1. The Bertz CT molecular complexity index is 410. The molecule has 0 heterocycles. The Morgan fingerprint density at radius 1 is 1.33 bits per heavy atom. The van der Waals surface area contributed by atoms with Gasteiger partial charge in [-0.1, -0.05) is 34.7 Å². The molecular formula is C14H19NO2S. The molecule has 98 valence electrons. The second kappa shape index (κ2) is 6.71. The Kier molecular flexibility index (Phi) is 5.56. The summed E-state index contributed by atoms with van der Waals surface area (Å²) in [6.07, 6.45) is 2.51. The van der Waals surface area contributed by atoms with Crippen LogP contribution in [0.4, 0.5) is 0 Å². The molecule has 0 aliphatic carbocycles. The highest BCUT2D eigenvalue weighted by molar-refractivity contribution is 7.91. The minimum Gasteiger partial charge on any atom is -0.591 e. The van der Waals surface area contributed by atoms with Crippen molar-refractivity contribution < 1.29 is 9.35 Å². The topological polar surface area (TPSA) is 52.5 Å². The van der Waals surface area contributed by atoms with Crippen molar-refractivity contribution in [3.05, 3.63) is 35.9 Å². The van der Waals surface area contributed by atoms with Crippen LogP contribution >= 0.6 is 0 Å². The van der Waals surface area contributed by atoms with Crippen LogP contribution in [0.3, 0.4) is 0 Å². The summed E-state index contributed by atoms with van der Waals surface area (Å²) in [5.41, 5.74) is 0.711. The number of benzene rings is 1. The average Bonchev–Trinajstić information content (AvgIpc) is 2.34. The van der Waals surface area contributed by atoms with E-state index in [1.807, 2.05) is 39.0 Å². The zero-order valence-corrected chi connectivity index (χ0v) is 11.9. The zero-order valence-electron chi connectivity index (χ0n) is 11.1. The summed E-state index contributed by atoms with van der Waals surface area (Å²) in [7, 11) is 0. The van der Waals surface area contributed by atoms with Crippen LogP contribution in [0.15, 0.2) is 34.7 Å². The molecule has 0 unspecified atom stereocenters. The maximum Gasteiger partial charge on any atom is 0.163 e. The highest BCUT2D eigenvalue weighted by Gasteiger charge is 2.25. The van der Waals surface area contributed by atoms with Crippen LogP contribution < -0.4 is 0 Å². The lowest BCUT2D eigenvalue weighted by atomic mass is 10.1. The normalized spacial score (nSPS) is 13.8. The van der Waals surface area contributed by atoms with Crippen molar-refractivity contribution in [1.82, 2.24) is 0 Å². The second-order valence-corrected chi connectivity index (χ2v) is 6.91. The second-order valence-electron chi connectivity index (χ2n) is 4.98. The third-order valence-corrected chi connectivity index (χ3v) is 3.68. The maximum atomic E-state index is 11.7. The van der Waals surface area contributed by atoms with Crippen LogP contribution in [-0.4, -0.2) is 21.3 Å². The van der Waals surface area contributed by atoms with Crippen molar-refractivity contribution in [3.8, 4) is 0 Å². The molecule has 18 heavy (non-hydrogen) atoms. The van der Waals surface area contributed by atoms with E-state index in [-0.39, 0.29) is 10.5 Å². The number of hydrogen-bond acceptors (Lipinski definition) is 3. The van der Waals surface area contributed by atoms with Gasteiger partial charge in [-0.15, -0.1) is 0 Å². The predicted octanol–water partition coefficient (Wildman–Crippen LogP) is 3.18. The zero-order chi connectivity index (χ0) is 13.6. The smallest absolute Gasteiger partial charge is 0.163 e. The number of nitrogens with zero attached hydrogens (tertiary/aromatic N) is 1. The molecule has 0 bridgehead atoms. The van der Waals surface area contributed by atoms with Crippen molar-refractivity contribution in [1.29, 1.82) is 0 Å². The number of carbonyl (C=O) groups is 1. The van der Waals surface area contributed by atoms with Gasteiger partial charge in [-0.05, 0) is 27.2 Å². The first-order valence-corrected chi connectivity index (χ1v) is 7.04. The minimum atomic E-state index is -1.24. The molecule has 0 fully saturated rings. The number of carbonyl (C=O) groups excluding carboxylic acids is 1. The van der Waals surface area contributed by atoms with Crippen LogP contribution in [0.2, 0.25) is 0 Å². The van der Waals surface area contributed by atoms with Crippen LogP contribution in [-0.2, 0) is 11.4 Å². The Labute approximate surface area is 112 Å². The monoisotopic (exact) mass is 265 g/mol. The Balaban J connectivity index is 2.39. The van der Waals surface area contributed by atoms with Gasteiger partial charge in [-0.2, -0.15) is 0 Å². The number of Topliss-reactive ketones (excluding diaryl/α,β-unsaturated/α-hetero) is 1. The lowest BCUT2D eigenvalue weighted by molar-refractivity contribution is 0.0985. The summed E-state index contributed by atoms with van der Waals surface area (Å²) in [6.45, 7) is 5.61. The predicted molar refractivity (Wildman–Crippen MR) is 76.4 cm³/mol. The minimum absolute atomic E-state index is 0.0867. The van der Waals surface area contributed by atoms with Gasteiger partial charge in [-0.25, -0.2) is 0 Å². The van der Waals surface area contributed by atoms with E-state index in [1.54, 1.807) is 18.3 Å². The summed E-state index contributed by atoms with van der Waals surface area (Å²) >= 11 is -1.24. The van der Waals surface area contributed by atoms with Gasteiger partial charge >= 0.3 is 0 Å². The molecule has 0 amide bonds. The summed E-state index contributed by atoms with van der Waals surface area (Å²) < 4.78 is 15.2. The highest BCUT2D eigenvalue weighted by atomic mass is 32.2. The van der Waals surface area contributed by atoms with E-state index >= 15 is 0 Å². The van der Waals surface area contributed by atoms with Gasteiger partial charge in [0.2, 0.25) is 0 Å². The molecule has 0 radical (unpaired) electrons. The van der Waals surface area contributed by atoms with Gasteiger partial charge in [0.05, 0.1) is 6.21 Å². The quantitative estimate of drug-likeness (QED) is 0.466. The molecule has 0 saturated carbocycles. The largest absolute Gasteiger partial charge is 0.591 e. The lowest BCUT2D eigenvalue weighted by Crippen LogP contribution is -2.25. The summed E-state index contributed by atoms with van der Waals surface area (Å²) in [5.74, 6) is 0.0867. The van der Waals surface area contributed by atoms with Gasteiger partial charge in [0.1, 0.15) is 16.1 Å². The summed E-state index contributed by atoms with van der Waals surface area (Å²) in [5, 5.41) is 0. The molecule has 1 atom stereocenters. The van der Waals surface area contributed by atoms with E-state index in [0.29, 0.717) is 18.4 Å². The van der Waals surface area contributed by atoms with E-state index in [9.17, 15) is 9.35 Å². The molecule has 1 aromatic carbocycles. The van der Waals surface area contributed by atoms with E-state index in [0.717, 1.165) is 0 Å². The van der Waals surface area contributed by atoms with Crippen molar-refractivity contribution >= 4 is 23.4 Å². The Morgan fingerprint density at radius 2 is 1.94 bits per heavy atom. The average molecular weight is 265 g/mol. The fourth-order valence-electron chi connectivity index (χ4n) is 1.24. The van der Waals surface area contributed by atoms with Gasteiger partial charge in [-0.3, -0.25) is 4.79 Å². The molecule has 1 rings (SSSR count). The van der Waals surface area contributed by atoms with Crippen molar-refractivity contribution in [2.75, 3.05) is 0 Å². The van der Waals surface area contributed by atoms with Gasteiger partial charge < -0.3 is 4.55 Å². The number of rotatable bonds is 5. The van der Waals surface area contributed by atoms with Gasteiger partial charge in [0, 0.05) is 12.0 Å². The van der Waals surface area contributed by atoms with E-state index in [2.05, 4.69) is 4.40 Å². The number of hydrogen-bond donors (Lipinski definition) is 0. The molecule has 4 heteroatoms. The first kappa shape index (κ1) is 14.9. The Morgan fingerprint density at radius 3 is 2.50 bits per heavy atom. The summed E-state index contributed by atoms with van der Waals surface area (Å²) in [6, 6.07) is 9.16. The van der Waals surface area contributed by atoms with Crippen molar-refractivity contribution in [2.45, 2.75) is 38.4 Å². The molecule has 0 aromatic heterocycles. The van der Waals surface area contributed by atoms with Crippen molar-refractivity contribution in [2.24, 2.45) is 4.40 Å². The van der Waals surface area contributed by atoms with Crippen molar-refractivity contribution in [3.63, 3.8) is 0 Å². The van der Waals surface area contributed by atoms with Gasteiger partial charge in [0.25, 0.3) is 0 Å². The molecule has 1 aromatic rings. The number of ketones is 1. The van der Waals surface area contributed by atoms with E-state index in [1.165, 1.54) is 0 Å². The molecule has 0 N–H and O–H groups in total. The molecule has 0 aliphatic rings. The third kappa shape index (κ3) is 5.02. The molecule has 0 aliphatic heterocycles. The fourth-order valence-corrected chi connectivity index (χ4v) is 1.80. The summed E-state index contributed by atoms with van der Waals surface area (Å²) in [4.78, 5) is 11.7. The molecule has 0 saturated heterocycles. The van der Waals surface area contributed by atoms with Crippen LogP contribution in [0.1, 0.15) is 44.0 Å². The molecular weight excluding hydrogens is 246 g/mol. The van der Waals surface area contributed by atoms with E-state index < -0.39 is 11.4 Å². The lowest BCUT2D eigenvalue weighted by Gasteiger charge is -2.17. The first-order chi connectivity index (χ1) is 8.41. The molecule has 3 nitrogen and oxygen atoms in total.